The van der Waals surface area contributed by atoms with Gasteiger partial charge in [0, 0.05) is 30.2 Å². The van der Waals surface area contributed by atoms with E-state index in [4.69, 9.17) is 0 Å². The molecular formula is C28H49N5O2. The normalized spacial score (nSPS) is 41.7. The summed E-state index contributed by atoms with van der Waals surface area (Å²) in [5.74, 6) is 2.66. The number of fused-ring (bicyclic) bond motifs is 1. The molecule has 9 atom stereocenters. The van der Waals surface area contributed by atoms with Crippen molar-refractivity contribution >= 4 is 11.8 Å². The van der Waals surface area contributed by atoms with Crippen LogP contribution < -0.4 is 21.3 Å². The van der Waals surface area contributed by atoms with E-state index in [0.29, 0.717) is 35.8 Å². The van der Waals surface area contributed by atoms with Crippen LogP contribution in [0, 0.1) is 29.6 Å². The van der Waals surface area contributed by atoms with Crippen molar-refractivity contribution in [3.05, 3.63) is 0 Å². The van der Waals surface area contributed by atoms with Gasteiger partial charge in [0.25, 0.3) is 0 Å². The highest BCUT2D eigenvalue weighted by Gasteiger charge is 2.47. The van der Waals surface area contributed by atoms with Crippen molar-refractivity contribution < 1.29 is 9.59 Å². The maximum absolute atomic E-state index is 13.4. The molecule has 0 radical (unpaired) electrons. The highest BCUT2D eigenvalue weighted by atomic mass is 16.2. The van der Waals surface area contributed by atoms with Gasteiger partial charge < -0.3 is 26.2 Å². The van der Waals surface area contributed by atoms with Crippen LogP contribution in [0.15, 0.2) is 0 Å². The summed E-state index contributed by atoms with van der Waals surface area (Å²) in [7, 11) is 2.15. The fourth-order valence-electron chi connectivity index (χ4n) is 7.69. The van der Waals surface area contributed by atoms with Gasteiger partial charge in [-0.25, -0.2) is 0 Å². The lowest BCUT2D eigenvalue weighted by Gasteiger charge is -2.44. The average Bonchev–Trinajstić information content (AvgIpc) is 3.57. The van der Waals surface area contributed by atoms with Crippen LogP contribution in [0.4, 0.5) is 0 Å². The van der Waals surface area contributed by atoms with Gasteiger partial charge in [-0.05, 0) is 102 Å². The first-order chi connectivity index (χ1) is 16.8. The van der Waals surface area contributed by atoms with E-state index in [-0.39, 0.29) is 41.9 Å². The predicted molar refractivity (Wildman–Crippen MR) is 139 cm³/mol. The molecule has 3 heterocycles. The van der Waals surface area contributed by atoms with E-state index in [9.17, 15) is 9.59 Å². The van der Waals surface area contributed by atoms with Gasteiger partial charge in [0.2, 0.25) is 11.8 Å². The molecule has 5 aliphatic rings. The van der Waals surface area contributed by atoms with Crippen molar-refractivity contribution in [2.75, 3.05) is 20.1 Å². The molecule has 9 unspecified atom stereocenters. The number of rotatable bonds is 6. The zero-order chi connectivity index (χ0) is 24.7. The molecule has 3 aliphatic heterocycles. The van der Waals surface area contributed by atoms with Gasteiger partial charge in [-0.15, -0.1) is 0 Å². The maximum Gasteiger partial charge on any atom is 0.237 e. The largest absolute Gasteiger partial charge is 0.353 e. The van der Waals surface area contributed by atoms with Gasteiger partial charge >= 0.3 is 0 Å². The molecule has 2 amide bonds. The number of nitrogens with one attached hydrogen (secondary N) is 4. The zero-order valence-electron chi connectivity index (χ0n) is 22.4. The Morgan fingerprint density at radius 2 is 1.63 bits per heavy atom. The van der Waals surface area contributed by atoms with Crippen molar-refractivity contribution in [1.82, 2.24) is 26.2 Å². The lowest BCUT2D eigenvalue weighted by atomic mass is 9.77. The van der Waals surface area contributed by atoms with Crippen molar-refractivity contribution in [3.8, 4) is 0 Å². The van der Waals surface area contributed by atoms with Crippen molar-refractivity contribution in [3.63, 3.8) is 0 Å². The van der Waals surface area contributed by atoms with E-state index < -0.39 is 0 Å². The molecule has 5 rings (SSSR count). The van der Waals surface area contributed by atoms with E-state index in [2.05, 4.69) is 54.0 Å². The highest BCUT2D eigenvalue weighted by Crippen LogP contribution is 2.40. The van der Waals surface area contributed by atoms with Crippen LogP contribution in [0.25, 0.3) is 0 Å². The topological polar surface area (TPSA) is 85.5 Å². The molecule has 0 aromatic carbocycles. The minimum Gasteiger partial charge on any atom is -0.353 e. The van der Waals surface area contributed by atoms with Crippen LogP contribution in [0.1, 0.15) is 78.6 Å². The monoisotopic (exact) mass is 487 g/mol. The van der Waals surface area contributed by atoms with Gasteiger partial charge in [0.05, 0.1) is 12.0 Å². The summed E-state index contributed by atoms with van der Waals surface area (Å²) in [5.41, 5.74) is 0. The van der Waals surface area contributed by atoms with E-state index in [0.717, 1.165) is 38.8 Å². The number of hydrogen-bond donors (Lipinski definition) is 4. The van der Waals surface area contributed by atoms with Crippen LogP contribution in [-0.4, -0.2) is 73.1 Å². The van der Waals surface area contributed by atoms with Crippen molar-refractivity contribution in [1.29, 1.82) is 0 Å². The Kier molecular flexibility index (Phi) is 7.76. The second-order valence-corrected chi connectivity index (χ2v) is 12.9. The first-order valence-corrected chi connectivity index (χ1v) is 14.6. The Morgan fingerprint density at radius 1 is 0.886 bits per heavy atom. The molecule has 4 N–H and O–H groups in total. The quantitative estimate of drug-likeness (QED) is 0.462. The summed E-state index contributed by atoms with van der Waals surface area (Å²) in [5, 5.41) is 14.4. The first kappa shape index (κ1) is 25.5. The second kappa shape index (κ2) is 10.7. The van der Waals surface area contributed by atoms with Gasteiger partial charge in [0.1, 0.15) is 0 Å². The molecule has 198 valence electrons. The summed E-state index contributed by atoms with van der Waals surface area (Å²) in [6.07, 6.45) is 10.2. The molecule has 2 aliphatic carbocycles. The summed E-state index contributed by atoms with van der Waals surface area (Å²) in [6, 6.07) is 1.29. The van der Waals surface area contributed by atoms with Crippen LogP contribution in [0.3, 0.4) is 0 Å². The minimum absolute atomic E-state index is 0.00225. The van der Waals surface area contributed by atoms with Gasteiger partial charge in [-0.2, -0.15) is 0 Å². The molecule has 0 aromatic rings. The van der Waals surface area contributed by atoms with Crippen molar-refractivity contribution in [2.45, 2.75) is 115 Å². The molecule has 0 aromatic heterocycles. The van der Waals surface area contributed by atoms with Gasteiger partial charge in [-0.3, -0.25) is 9.59 Å². The standard InChI is InChI=1S/C28H49N5O2/c1-16-6-5-7-20-15-23(31-24(16)20)28(35)32-26(19-8-9-19)25-17(2)14-22(18(3)29-25)27(34)30-21-10-12-33(4)13-11-21/h16-26,29,31H,5-15H2,1-4H3,(H,30,34)(H,32,35). The molecule has 7 heteroatoms. The SMILES string of the molecule is CC1CCCC2CC(C(=O)NC(C3CC3)C3NC(C)C(C(=O)NC4CCN(C)CC4)CC3C)NC12. The number of likely N-dealkylation sites (tertiary alicyclic amines) is 1. The fraction of sp³-hybridized carbons (Fsp3) is 0.929. The maximum atomic E-state index is 13.4. The lowest BCUT2D eigenvalue weighted by Crippen LogP contribution is -2.63. The number of piperidine rings is 2. The summed E-state index contributed by atoms with van der Waals surface area (Å²) in [6.45, 7) is 8.88. The van der Waals surface area contributed by atoms with Crippen LogP contribution in [0.2, 0.25) is 0 Å². The van der Waals surface area contributed by atoms with E-state index in [1.807, 2.05) is 0 Å². The molecule has 7 nitrogen and oxygen atoms in total. The third-order valence-electron chi connectivity index (χ3n) is 10.1. The molecule has 3 saturated heterocycles. The summed E-state index contributed by atoms with van der Waals surface area (Å²) < 4.78 is 0. The first-order valence-electron chi connectivity index (χ1n) is 14.6. The Bertz CT molecular complexity index is 764. The Morgan fingerprint density at radius 3 is 2.31 bits per heavy atom. The summed E-state index contributed by atoms with van der Waals surface area (Å²) >= 11 is 0. The van der Waals surface area contributed by atoms with Crippen LogP contribution in [-0.2, 0) is 9.59 Å². The number of carbonyl (C=O) groups is 2. The number of nitrogens with zero attached hydrogens (tertiary/aromatic N) is 1. The molecule has 0 spiro atoms. The van der Waals surface area contributed by atoms with Crippen LogP contribution >= 0.6 is 0 Å². The minimum atomic E-state index is -0.0452. The van der Waals surface area contributed by atoms with E-state index in [1.54, 1.807) is 0 Å². The fourth-order valence-corrected chi connectivity index (χ4v) is 7.69. The number of carbonyl (C=O) groups excluding carboxylic acids is 2. The average molecular weight is 488 g/mol. The molecule has 0 bridgehead atoms. The predicted octanol–water partition coefficient (Wildman–Crippen LogP) is 2.26. The third-order valence-corrected chi connectivity index (χ3v) is 10.1. The smallest absolute Gasteiger partial charge is 0.237 e. The molecular weight excluding hydrogens is 438 g/mol. The molecule has 5 fully saturated rings. The van der Waals surface area contributed by atoms with E-state index >= 15 is 0 Å². The van der Waals surface area contributed by atoms with E-state index in [1.165, 1.54) is 32.1 Å². The lowest BCUT2D eigenvalue weighted by molar-refractivity contribution is -0.129. The van der Waals surface area contributed by atoms with Gasteiger partial charge in [0.15, 0.2) is 0 Å². The van der Waals surface area contributed by atoms with Gasteiger partial charge in [-0.1, -0.05) is 20.3 Å². The van der Waals surface area contributed by atoms with Crippen molar-refractivity contribution in [2.24, 2.45) is 29.6 Å². The Balaban J connectivity index is 1.17. The highest BCUT2D eigenvalue weighted by molar-refractivity contribution is 5.83. The Hall–Kier alpha value is -1.18. The number of amides is 2. The Labute approximate surface area is 212 Å². The van der Waals surface area contributed by atoms with Crippen LogP contribution in [0.5, 0.6) is 0 Å². The molecule has 2 saturated carbocycles. The second-order valence-electron chi connectivity index (χ2n) is 12.9. The molecule has 35 heavy (non-hydrogen) atoms. The number of hydrogen-bond acceptors (Lipinski definition) is 5. The summed E-state index contributed by atoms with van der Waals surface area (Å²) in [4.78, 5) is 28.9. The zero-order valence-corrected chi connectivity index (χ0v) is 22.4. The third kappa shape index (κ3) is 5.72.